The summed E-state index contributed by atoms with van der Waals surface area (Å²) >= 11 is 0. The van der Waals surface area contributed by atoms with E-state index < -0.39 is 0 Å². The summed E-state index contributed by atoms with van der Waals surface area (Å²) in [5.41, 5.74) is 4.69. The van der Waals surface area contributed by atoms with Gasteiger partial charge in [-0.15, -0.1) is 0 Å². The topological polar surface area (TPSA) is 61.0 Å². The molecule has 1 aliphatic heterocycles. The third-order valence-electron chi connectivity index (χ3n) is 5.22. The molecule has 5 nitrogen and oxygen atoms in total. The Morgan fingerprint density at radius 1 is 1.15 bits per heavy atom. The molecule has 0 saturated carbocycles. The van der Waals surface area contributed by atoms with Gasteiger partial charge in [-0.2, -0.15) is 0 Å². The first kappa shape index (κ1) is 16.6. The summed E-state index contributed by atoms with van der Waals surface area (Å²) < 4.78 is 0. The lowest BCUT2D eigenvalue weighted by molar-refractivity contribution is 0.181. The average molecular weight is 348 g/mol. The lowest BCUT2D eigenvalue weighted by atomic mass is 9.90. The quantitative estimate of drug-likeness (QED) is 0.755. The Morgan fingerprint density at radius 2 is 1.96 bits per heavy atom. The van der Waals surface area contributed by atoms with Crippen LogP contribution in [0.4, 0.5) is 4.79 Å². The lowest BCUT2D eigenvalue weighted by Gasteiger charge is -2.31. The van der Waals surface area contributed by atoms with Crippen molar-refractivity contribution in [2.24, 2.45) is 0 Å². The molecule has 3 aromatic rings. The number of hydrogen-bond acceptors (Lipinski definition) is 2. The van der Waals surface area contributed by atoms with E-state index in [1.165, 1.54) is 11.1 Å². The van der Waals surface area contributed by atoms with E-state index in [-0.39, 0.29) is 6.03 Å². The SMILES string of the molecule is O=C(NCCc1ccccc1)N1CCC(c2c[nH]c3cccnc23)CC1. The first-order valence-electron chi connectivity index (χ1n) is 9.30. The summed E-state index contributed by atoms with van der Waals surface area (Å²) in [6.45, 7) is 2.26. The van der Waals surface area contributed by atoms with Gasteiger partial charge in [0.1, 0.15) is 0 Å². The van der Waals surface area contributed by atoms with Crippen LogP contribution in [0.3, 0.4) is 0 Å². The van der Waals surface area contributed by atoms with Crippen LogP contribution < -0.4 is 5.32 Å². The molecule has 0 radical (unpaired) electrons. The minimum absolute atomic E-state index is 0.0523. The fraction of sp³-hybridized carbons (Fsp3) is 0.333. The predicted octanol–water partition coefficient (Wildman–Crippen LogP) is 3.69. The van der Waals surface area contributed by atoms with Crippen LogP contribution in [0.25, 0.3) is 11.0 Å². The number of aromatic nitrogens is 2. The normalized spacial score (nSPS) is 15.3. The summed E-state index contributed by atoms with van der Waals surface area (Å²) in [5.74, 6) is 0.465. The molecule has 2 amide bonds. The van der Waals surface area contributed by atoms with E-state index in [0.29, 0.717) is 12.5 Å². The number of hydrogen-bond donors (Lipinski definition) is 2. The molecule has 1 fully saturated rings. The third kappa shape index (κ3) is 3.57. The number of rotatable bonds is 4. The molecule has 5 heteroatoms. The van der Waals surface area contributed by atoms with E-state index in [4.69, 9.17) is 0 Å². The standard InChI is InChI=1S/C21H24N4O/c26-21(23-12-8-16-5-2-1-3-6-16)25-13-9-17(10-14-25)18-15-24-19-7-4-11-22-20(18)19/h1-7,11,15,17,24H,8-10,12-14H2,(H,23,26). The summed E-state index contributed by atoms with van der Waals surface area (Å²) in [7, 11) is 0. The van der Waals surface area contributed by atoms with Crippen molar-refractivity contribution in [3.8, 4) is 0 Å². The van der Waals surface area contributed by atoms with Gasteiger partial charge in [-0.1, -0.05) is 30.3 Å². The molecule has 2 N–H and O–H groups in total. The van der Waals surface area contributed by atoms with Crippen molar-refractivity contribution in [3.63, 3.8) is 0 Å². The Balaban J connectivity index is 1.28. The summed E-state index contributed by atoms with van der Waals surface area (Å²) in [5, 5.41) is 3.05. The highest BCUT2D eigenvalue weighted by atomic mass is 16.2. The maximum Gasteiger partial charge on any atom is 0.317 e. The molecule has 2 aromatic heterocycles. The van der Waals surface area contributed by atoms with E-state index in [0.717, 1.165) is 43.4 Å². The van der Waals surface area contributed by atoms with Crippen LogP contribution in [0.2, 0.25) is 0 Å². The Morgan fingerprint density at radius 3 is 2.77 bits per heavy atom. The van der Waals surface area contributed by atoms with Crippen molar-refractivity contribution in [1.29, 1.82) is 0 Å². The Hall–Kier alpha value is -2.82. The van der Waals surface area contributed by atoms with E-state index in [2.05, 4.69) is 39.7 Å². The van der Waals surface area contributed by atoms with Gasteiger partial charge in [-0.05, 0) is 48.4 Å². The van der Waals surface area contributed by atoms with Gasteiger partial charge in [0, 0.05) is 32.0 Å². The first-order valence-corrected chi connectivity index (χ1v) is 9.30. The van der Waals surface area contributed by atoms with Crippen molar-refractivity contribution in [3.05, 3.63) is 66.0 Å². The highest BCUT2D eigenvalue weighted by molar-refractivity contribution is 5.79. The van der Waals surface area contributed by atoms with Crippen LogP contribution in [-0.4, -0.2) is 40.5 Å². The molecule has 0 unspecified atom stereocenters. The van der Waals surface area contributed by atoms with Crippen molar-refractivity contribution in [2.45, 2.75) is 25.2 Å². The van der Waals surface area contributed by atoms with Crippen LogP contribution in [0, 0.1) is 0 Å². The summed E-state index contributed by atoms with van der Waals surface area (Å²) in [4.78, 5) is 22.1. The number of piperidine rings is 1. The Bertz CT molecular complexity index is 866. The smallest absolute Gasteiger partial charge is 0.317 e. The zero-order valence-electron chi connectivity index (χ0n) is 14.8. The molecular weight excluding hydrogens is 324 g/mol. The number of nitrogens with one attached hydrogen (secondary N) is 2. The largest absolute Gasteiger partial charge is 0.360 e. The van der Waals surface area contributed by atoms with E-state index in [1.54, 1.807) is 0 Å². The van der Waals surface area contributed by atoms with Gasteiger partial charge in [0.2, 0.25) is 0 Å². The lowest BCUT2D eigenvalue weighted by Crippen LogP contribution is -2.44. The van der Waals surface area contributed by atoms with Gasteiger partial charge >= 0.3 is 6.03 Å². The van der Waals surface area contributed by atoms with Gasteiger partial charge < -0.3 is 15.2 Å². The number of urea groups is 1. The maximum absolute atomic E-state index is 12.4. The highest BCUT2D eigenvalue weighted by Gasteiger charge is 2.25. The van der Waals surface area contributed by atoms with Crippen LogP contribution in [0.15, 0.2) is 54.9 Å². The van der Waals surface area contributed by atoms with E-state index >= 15 is 0 Å². The van der Waals surface area contributed by atoms with Crippen LogP contribution in [0.5, 0.6) is 0 Å². The predicted molar refractivity (Wildman–Crippen MR) is 103 cm³/mol. The van der Waals surface area contributed by atoms with Crippen molar-refractivity contribution < 1.29 is 4.79 Å². The number of carbonyl (C=O) groups excluding carboxylic acids is 1. The molecule has 4 rings (SSSR count). The number of nitrogens with zero attached hydrogens (tertiary/aromatic N) is 2. The second kappa shape index (κ2) is 7.60. The molecule has 1 aliphatic rings. The molecule has 0 aliphatic carbocycles. The minimum atomic E-state index is 0.0523. The molecule has 134 valence electrons. The number of likely N-dealkylation sites (tertiary alicyclic amines) is 1. The molecule has 0 spiro atoms. The molecule has 0 bridgehead atoms. The number of H-pyrrole nitrogens is 1. The van der Waals surface area contributed by atoms with Gasteiger partial charge in [0.05, 0.1) is 11.0 Å². The highest BCUT2D eigenvalue weighted by Crippen LogP contribution is 2.32. The number of carbonyl (C=O) groups is 1. The number of pyridine rings is 1. The Labute approximate surface area is 153 Å². The molecular formula is C21H24N4O. The van der Waals surface area contributed by atoms with Crippen molar-refractivity contribution in [2.75, 3.05) is 19.6 Å². The minimum Gasteiger partial charge on any atom is -0.360 e. The summed E-state index contributed by atoms with van der Waals surface area (Å²) in [6, 6.07) is 14.3. The van der Waals surface area contributed by atoms with Crippen LogP contribution in [-0.2, 0) is 6.42 Å². The Kier molecular flexibility index (Phi) is 4.86. The second-order valence-corrected chi connectivity index (χ2v) is 6.87. The van der Waals surface area contributed by atoms with Crippen molar-refractivity contribution in [1.82, 2.24) is 20.2 Å². The van der Waals surface area contributed by atoms with E-state index in [1.807, 2.05) is 35.4 Å². The molecule has 0 atom stereocenters. The number of amides is 2. The zero-order valence-corrected chi connectivity index (χ0v) is 14.8. The van der Waals surface area contributed by atoms with Gasteiger partial charge in [0.15, 0.2) is 0 Å². The van der Waals surface area contributed by atoms with Gasteiger partial charge in [-0.25, -0.2) is 4.79 Å². The monoisotopic (exact) mass is 348 g/mol. The van der Waals surface area contributed by atoms with Crippen LogP contribution in [0.1, 0.15) is 29.9 Å². The maximum atomic E-state index is 12.4. The fourth-order valence-corrected chi connectivity index (χ4v) is 3.75. The molecule has 1 aromatic carbocycles. The number of benzene rings is 1. The first-order chi connectivity index (χ1) is 12.8. The molecule has 1 saturated heterocycles. The summed E-state index contributed by atoms with van der Waals surface area (Å²) in [6.07, 6.45) is 6.75. The second-order valence-electron chi connectivity index (χ2n) is 6.87. The number of aromatic amines is 1. The average Bonchev–Trinajstić information content (AvgIpc) is 3.13. The molecule has 3 heterocycles. The number of fused-ring (bicyclic) bond motifs is 1. The molecule has 26 heavy (non-hydrogen) atoms. The van der Waals surface area contributed by atoms with E-state index in [9.17, 15) is 4.79 Å². The fourth-order valence-electron chi connectivity index (χ4n) is 3.75. The van der Waals surface area contributed by atoms with Gasteiger partial charge in [0.25, 0.3) is 0 Å². The van der Waals surface area contributed by atoms with Crippen molar-refractivity contribution >= 4 is 17.1 Å². The van der Waals surface area contributed by atoms with Gasteiger partial charge in [-0.3, -0.25) is 4.98 Å². The van der Waals surface area contributed by atoms with Crippen LogP contribution >= 0.6 is 0 Å². The zero-order chi connectivity index (χ0) is 17.8. The third-order valence-corrected chi connectivity index (χ3v) is 5.22.